The highest BCUT2D eigenvalue weighted by atomic mass is 16.2. The van der Waals surface area contributed by atoms with E-state index in [1.165, 1.54) is 6.42 Å². The predicted molar refractivity (Wildman–Crippen MR) is 117 cm³/mol. The van der Waals surface area contributed by atoms with Crippen LogP contribution in [0.15, 0.2) is 42.5 Å². The number of rotatable bonds is 5. The molecule has 1 aliphatic carbocycles. The molecule has 0 bridgehead atoms. The third kappa shape index (κ3) is 4.30. The summed E-state index contributed by atoms with van der Waals surface area (Å²) >= 11 is 0. The summed E-state index contributed by atoms with van der Waals surface area (Å²) in [5, 5.41) is 3.04. The molecule has 1 saturated carbocycles. The van der Waals surface area contributed by atoms with Gasteiger partial charge >= 0.3 is 0 Å². The first-order chi connectivity index (χ1) is 14.5. The van der Waals surface area contributed by atoms with Crippen LogP contribution in [0.4, 0.5) is 5.69 Å². The summed E-state index contributed by atoms with van der Waals surface area (Å²) in [5.41, 5.74) is 4.22. The Morgan fingerprint density at radius 2 is 1.67 bits per heavy atom. The number of anilines is 1. The largest absolute Gasteiger partial charge is 0.352 e. The lowest BCUT2D eigenvalue weighted by Crippen LogP contribution is -2.31. The Balaban J connectivity index is 1.38. The van der Waals surface area contributed by atoms with Crippen molar-refractivity contribution in [3.8, 4) is 0 Å². The maximum absolute atomic E-state index is 13.0. The molecule has 1 N–H and O–H groups in total. The van der Waals surface area contributed by atoms with Crippen LogP contribution in [0.5, 0.6) is 0 Å². The van der Waals surface area contributed by atoms with Gasteiger partial charge in [0.1, 0.15) is 0 Å². The van der Waals surface area contributed by atoms with Crippen molar-refractivity contribution >= 4 is 23.3 Å². The van der Waals surface area contributed by atoms with Gasteiger partial charge in [0.25, 0.3) is 5.91 Å². The Kier molecular flexibility index (Phi) is 5.98. The van der Waals surface area contributed by atoms with Crippen molar-refractivity contribution in [2.24, 2.45) is 5.92 Å². The summed E-state index contributed by atoms with van der Waals surface area (Å²) in [5.74, 6) is 0.294. The Morgan fingerprint density at radius 1 is 0.967 bits per heavy atom. The lowest BCUT2D eigenvalue weighted by atomic mass is 9.88. The average Bonchev–Trinajstić information content (AvgIpc) is 3.21. The standard InChI is InChI=1S/C25H28N2O3/c1-17(28)21-11-12-23-22(15-21)13-14-27(23)25(30)20-9-7-18(8-10-20)16-26-24(29)19-5-3-2-4-6-19/h7-12,15,19H,2-6,13-14,16H2,1H3,(H,26,29). The van der Waals surface area contributed by atoms with Crippen LogP contribution in [0.2, 0.25) is 0 Å². The highest BCUT2D eigenvalue weighted by Crippen LogP contribution is 2.30. The lowest BCUT2D eigenvalue weighted by Gasteiger charge is -2.21. The Hall–Kier alpha value is -2.95. The number of amides is 2. The zero-order valence-corrected chi connectivity index (χ0v) is 17.4. The van der Waals surface area contributed by atoms with Crippen LogP contribution in [0.25, 0.3) is 0 Å². The van der Waals surface area contributed by atoms with Gasteiger partial charge in [0.2, 0.25) is 5.91 Å². The van der Waals surface area contributed by atoms with E-state index in [0.717, 1.165) is 48.9 Å². The topological polar surface area (TPSA) is 66.5 Å². The molecule has 2 amide bonds. The van der Waals surface area contributed by atoms with E-state index in [-0.39, 0.29) is 23.5 Å². The van der Waals surface area contributed by atoms with E-state index >= 15 is 0 Å². The minimum atomic E-state index is -0.0397. The SMILES string of the molecule is CC(=O)c1ccc2c(c1)CCN2C(=O)c1ccc(CNC(=O)C2CCCCC2)cc1. The summed E-state index contributed by atoms with van der Waals surface area (Å²) in [4.78, 5) is 38.7. The first-order valence-electron chi connectivity index (χ1n) is 10.9. The number of nitrogens with zero attached hydrogens (tertiary/aromatic N) is 1. The second-order valence-electron chi connectivity index (χ2n) is 8.36. The molecule has 2 aromatic carbocycles. The molecule has 1 heterocycles. The third-order valence-corrected chi connectivity index (χ3v) is 6.27. The molecule has 30 heavy (non-hydrogen) atoms. The van der Waals surface area contributed by atoms with E-state index in [9.17, 15) is 14.4 Å². The van der Waals surface area contributed by atoms with Gasteiger partial charge < -0.3 is 10.2 Å². The molecule has 156 valence electrons. The van der Waals surface area contributed by atoms with Crippen molar-refractivity contribution in [3.05, 3.63) is 64.7 Å². The first kappa shape index (κ1) is 20.3. The smallest absolute Gasteiger partial charge is 0.258 e. The highest BCUT2D eigenvalue weighted by Gasteiger charge is 2.26. The van der Waals surface area contributed by atoms with Gasteiger partial charge in [-0.3, -0.25) is 14.4 Å². The zero-order chi connectivity index (χ0) is 21.1. The fourth-order valence-corrected chi connectivity index (χ4v) is 4.45. The quantitative estimate of drug-likeness (QED) is 0.756. The predicted octanol–water partition coefficient (Wildman–Crippen LogP) is 4.29. The molecule has 0 radical (unpaired) electrons. The van der Waals surface area contributed by atoms with E-state index in [2.05, 4.69) is 5.32 Å². The fraction of sp³-hybridized carbons (Fsp3) is 0.400. The fourth-order valence-electron chi connectivity index (χ4n) is 4.45. The minimum Gasteiger partial charge on any atom is -0.352 e. The summed E-state index contributed by atoms with van der Waals surface area (Å²) < 4.78 is 0. The number of ketones is 1. The first-order valence-corrected chi connectivity index (χ1v) is 10.9. The molecule has 2 aromatic rings. The number of fused-ring (bicyclic) bond motifs is 1. The second kappa shape index (κ2) is 8.82. The number of carbonyl (C=O) groups is 3. The molecule has 5 nitrogen and oxygen atoms in total. The number of hydrogen-bond donors (Lipinski definition) is 1. The molecule has 4 rings (SSSR count). The third-order valence-electron chi connectivity index (χ3n) is 6.27. The maximum Gasteiger partial charge on any atom is 0.258 e. The molecule has 0 aromatic heterocycles. The summed E-state index contributed by atoms with van der Waals surface area (Å²) in [6.07, 6.45) is 6.26. The molecule has 1 fully saturated rings. The molecule has 2 aliphatic rings. The van der Waals surface area contributed by atoms with Crippen LogP contribution < -0.4 is 10.2 Å². The van der Waals surface area contributed by atoms with Gasteiger partial charge in [-0.2, -0.15) is 0 Å². The number of hydrogen-bond acceptors (Lipinski definition) is 3. The van der Waals surface area contributed by atoms with Crippen LogP contribution in [0.3, 0.4) is 0 Å². The van der Waals surface area contributed by atoms with E-state index in [1.54, 1.807) is 17.9 Å². The van der Waals surface area contributed by atoms with Gasteiger partial charge in [-0.25, -0.2) is 0 Å². The van der Waals surface area contributed by atoms with Gasteiger partial charge in [0.15, 0.2) is 5.78 Å². The lowest BCUT2D eigenvalue weighted by molar-refractivity contribution is -0.126. The van der Waals surface area contributed by atoms with Gasteiger partial charge in [0.05, 0.1) is 0 Å². The van der Waals surface area contributed by atoms with Crippen molar-refractivity contribution in [1.29, 1.82) is 0 Å². The number of carbonyl (C=O) groups excluding carboxylic acids is 3. The summed E-state index contributed by atoms with van der Waals surface area (Å²) in [6, 6.07) is 13.0. The van der Waals surface area contributed by atoms with Gasteiger partial charge in [-0.1, -0.05) is 31.4 Å². The molecule has 0 spiro atoms. The molecule has 0 saturated heterocycles. The Bertz CT molecular complexity index is 959. The number of nitrogens with one attached hydrogen (secondary N) is 1. The van der Waals surface area contributed by atoms with Crippen LogP contribution in [0, 0.1) is 5.92 Å². The number of Topliss-reactive ketones (excluding diaryl/α,β-unsaturated/α-hetero) is 1. The molecular weight excluding hydrogens is 376 g/mol. The second-order valence-corrected chi connectivity index (χ2v) is 8.36. The van der Waals surface area contributed by atoms with E-state index in [1.807, 2.05) is 36.4 Å². The van der Waals surface area contributed by atoms with Gasteiger partial charge in [-0.05, 0) is 67.6 Å². The average molecular weight is 405 g/mol. The highest BCUT2D eigenvalue weighted by molar-refractivity contribution is 6.07. The Morgan fingerprint density at radius 3 is 2.37 bits per heavy atom. The summed E-state index contributed by atoms with van der Waals surface area (Å²) in [6.45, 7) is 2.66. The molecule has 1 aliphatic heterocycles. The molecule has 5 heteroatoms. The van der Waals surface area contributed by atoms with Crippen molar-refractivity contribution in [1.82, 2.24) is 5.32 Å². The molecule has 0 atom stereocenters. The molecule has 0 unspecified atom stereocenters. The van der Waals surface area contributed by atoms with Crippen molar-refractivity contribution in [2.75, 3.05) is 11.4 Å². The van der Waals surface area contributed by atoms with Crippen molar-refractivity contribution in [3.63, 3.8) is 0 Å². The number of benzene rings is 2. The van der Waals surface area contributed by atoms with Gasteiger partial charge in [0, 0.05) is 35.8 Å². The Labute approximate surface area is 177 Å². The van der Waals surface area contributed by atoms with Crippen molar-refractivity contribution < 1.29 is 14.4 Å². The van der Waals surface area contributed by atoms with Crippen molar-refractivity contribution in [2.45, 2.75) is 52.0 Å². The van der Waals surface area contributed by atoms with Crippen LogP contribution in [0.1, 0.15) is 70.9 Å². The minimum absolute atomic E-state index is 0.0359. The van der Waals surface area contributed by atoms with Crippen LogP contribution in [-0.2, 0) is 17.8 Å². The van der Waals surface area contributed by atoms with Crippen LogP contribution in [-0.4, -0.2) is 24.1 Å². The van der Waals surface area contributed by atoms with Crippen LogP contribution >= 0.6 is 0 Å². The zero-order valence-electron chi connectivity index (χ0n) is 17.4. The van der Waals surface area contributed by atoms with E-state index < -0.39 is 0 Å². The normalized spacial score (nSPS) is 16.2. The monoisotopic (exact) mass is 404 g/mol. The van der Waals surface area contributed by atoms with E-state index in [4.69, 9.17) is 0 Å². The maximum atomic E-state index is 13.0. The molecular formula is C25H28N2O3. The van der Waals surface area contributed by atoms with E-state index in [0.29, 0.717) is 24.2 Å². The summed E-state index contributed by atoms with van der Waals surface area (Å²) in [7, 11) is 0. The van der Waals surface area contributed by atoms with Gasteiger partial charge in [-0.15, -0.1) is 0 Å².